The number of carbonyl (C=O) groups is 1. The lowest BCUT2D eigenvalue weighted by Gasteiger charge is -2.18. The maximum atomic E-state index is 14.2. The summed E-state index contributed by atoms with van der Waals surface area (Å²) in [5.41, 5.74) is 3.81. The van der Waals surface area contributed by atoms with Gasteiger partial charge in [0.15, 0.2) is 0 Å². The molecule has 0 aromatic heterocycles. The summed E-state index contributed by atoms with van der Waals surface area (Å²) < 4.78 is 14.2. The Labute approximate surface area is 139 Å². The Balaban J connectivity index is 1.64. The number of phenols is 1. The first-order valence-corrected chi connectivity index (χ1v) is 7.80. The number of rotatable bonds is 4. The van der Waals surface area contributed by atoms with Crippen molar-refractivity contribution in [3.63, 3.8) is 0 Å². The van der Waals surface area contributed by atoms with E-state index in [9.17, 15) is 14.3 Å². The normalized spacial score (nSPS) is 14.3. The fraction of sp³-hybridized carbons (Fsp3) is 0.222. The van der Waals surface area contributed by atoms with Crippen molar-refractivity contribution in [3.05, 3.63) is 59.4 Å². The van der Waals surface area contributed by atoms with Crippen LogP contribution in [0.5, 0.6) is 5.75 Å². The maximum absolute atomic E-state index is 14.2. The number of amides is 1. The van der Waals surface area contributed by atoms with E-state index in [0.29, 0.717) is 16.8 Å². The van der Waals surface area contributed by atoms with Crippen LogP contribution >= 0.6 is 0 Å². The zero-order valence-corrected chi connectivity index (χ0v) is 13.1. The molecule has 2 aromatic carbocycles. The molecule has 0 bridgehead atoms. The third-order valence-corrected chi connectivity index (χ3v) is 3.91. The Kier molecular flexibility index (Phi) is 4.74. The Morgan fingerprint density at radius 2 is 2.00 bits per heavy atom. The van der Waals surface area contributed by atoms with Crippen LogP contribution in [0.2, 0.25) is 0 Å². The van der Waals surface area contributed by atoms with Crippen molar-refractivity contribution in [2.24, 2.45) is 5.10 Å². The van der Waals surface area contributed by atoms with Gasteiger partial charge in [0, 0.05) is 18.7 Å². The zero-order chi connectivity index (χ0) is 16.9. The number of hydrogen-bond donors (Lipinski definition) is 2. The molecule has 2 aromatic rings. The molecule has 0 radical (unpaired) electrons. The third-order valence-electron chi connectivity index (χ3n) is 3.91. The monoisotopic (exact) mass is 327 g/mol. The van der Waals surface area contributed by atoms with E-state index in [1.165, 1.54) is 24.4 Å². The van der Waals surface area contributed by atoms with E-state index in [0.717, 1.165) is 25.9 Å². The predicted octanol–water partition coefficient (Wildman–Crippen LogP) is 2.90. The van der Waals surface area contributed by atoms with Gasteiger partial charge in [-0.05, 0) is 48.7 Å². The highest BCUT2D eigenvalue weighted by Gasteiger charge is 2.15. The molecule has 0 spiro atoms. The number of hydrazone groups is 1. The average Bonchev–Trinajstić information content (AvgIpc) is 3.09. The minimum atomic E-state index is -0.448. The molecule has 0 unspecified atom stereocenters. The van der Waals surface area contributed by atoms with Gasteiger partial charge in [-0.2, -0.15) is 5.10 Å². The van der Waals surface area contributed by atoms with Gasteiger partial charge in [-0.25, -0.2) is 9.82 Å². The molecular weight excluding hydrogens is 309 g/mol. The first-order chi connectivity index (χ1) is 11.6. The SMILES string of the molecule is O=C(N/N=C/c1ccc(N2CCCC2)c(F)c1)c1cccc(O)c1. The van der Waals surface area contributed by atoms with E-state index in [-0.39, 0.29) is 11.6 Å². The summed E-state index contributed by atoms with van der Waals surface area (Å²) in [6.45, 7) is 1.76. The van der Waals surface area contributed by atoms with Gasteiger partial charge in [0.1, 0.15) is 11.6 Å². The van der Waals surface area contributed by atoms with Crippen molar-refractivity contribution in [1.82, 2.24) is 5.43 Å². The van der Waals surface area contributed by atoms with E-state index in [1.54, 1.807) is 24.3 Å². The van der Waals surface area contributed by atoms with Crippen LogP contribution in [-0.2, 0) is 0 Å². The Hall–Kier alpha value is -2.89. The number of nitrogens with zero attached hydrogens (tertiary/aromatic N) is 2. The molecule has 6 heteroatoms. The van der Waals surface area contributed by atoms with Crippen LogP contribution in [0.3, 0.4) is 0 Å². The van der Waals surface area contributed by atoms with Crippen LogP contribution in [0.1, 0.15) is 28.8 Å². The minimum Gasteiger partial charge on any atom is -0.508 e. The van der Waals surface area contributed by atoms with Gasteiger partial charge in [0.2, 0.25) is 0 Å². The molecule has 1 amide bonds. The number of aromatic hydroxyl groups is 1. The van der Waals surface area contributed by atoms with Crippen molar-refractivity contribution >= 4 is 17.8 Å². The van der Waals surface area contributed by atoms with E-state index >= 15 is 0 Å². The molecule has 1 aliphatic rings. The molecular formula is C18H18FN3O2. The molecule has 124 valence electrons. The van der Waals surface area contributed by atoms with Gasteiger partial charge in [0.25, 0.3) is 5.91 Å². The fourth-order valence-corrected chi connectivity index (χ4v) is 2.70. The Morgan fingerprint density at radius 3 is 2.71 bits per heavy atom. The van der Waals surface area contributed by atoms with Crippen molar-refractivity contribution in [2.75, 3.05) is 18.0 Å². The van der Waals surface area contributed by atoms with E-state index in [1.807, 2.05) is 4.90 Å². The molecule has 1 heterocycles. The summed E-state index contributed by atoms with van der Waals surface area (Å²) in [5, 5.41) is 13.2. The van der Waals surface area contributed by atoms with Crippen LogP contribution in [0, 0.1) is 5.82 Å². The highest BCUT2D eigenvalue weighted by atomic mass is 19.1. The molecule has 5 nitrogen and oxygen atoms in total. The standard InChI is InChI=1S/C18H18FN3O2/c19-16-10-13(6-7-17(16)22-8-1-2-9-22)12-20-21-18(24)14-4-3-5-15(23)11-14/h3-7,10-12,23H,1-2,8-9H2,(H,21,24)/b20-12+. The quantitative estimate of drug-likeness (QED) is 0.670. The van der Waals surface area contributed by atoms with Crippen molar-refractivity contribution in [1.29, 1.82) is 0 Å². The van der Waals surface area contributed by atoms with Gasteiger partial charge in [0.05, 0.1) is 11.9 Å². The number of hydrogen-bond acceptors (Lipinski definition) is 4. The van der Waals surface area contributed by atoms with Crippen LogP contribution in [0.25, 0.3) is 0 Å². The second-order valence-electron chi connectivity index (χ2n) is 5.65. The lowest BCUT2D eigenvalue weighted by atomic mass is 10.2. The molecule has 24 heavy (non-hydrogen) atoms. The molecule has 0 saturated carbocycles. The lowest BCUT2D eigenvalue weighted by Crippen LogP contribution is -2.19. The summed E-state index contributed by atoms with van der Waals surface area (Å²) >= 11 is 0. The number of anilines is 1. The topological polar surface area (TPSA) is 64.9 Å². The molecule has 2 N–H and O–H groups in total. The molecule has 1 fully saturated rings. The van der Waals surface area contributed by atoms with Crippen LogP contribution in [0.4, 0.5) is 10.1 Å². The first kappa shape index (κ1) is 16.0. The Bertz CT molecular complexity index is 771. The number of phenolic OH excluding ortho intramolecular Hbond substituents is 1. The van der Waals surface area contributed by atoms with Crippen LogP contribution in [-0.4, -0.2) is 30.3 Å². The van der Waals surface area contributed by atoms with E-state index < -0.39 is 5.91 Å². The van der Waals surface area contributed by atoms with Gasteiger partial charge in [-0.15, -0.1) is 0 Å². The summed E-state index contributed by atoms with van der Waals surface area (Å²) in [5.74, 6) is -0.734. The lowest BCUT2D eigenvalue weighted by molar-refractivity contribution is 0.0954. The molecule has 3 rings (SSSR count). The first-order valence-electron chi connectivity index (χ1n) is 7.80. The van der Waals surface area contributed by atoms with Gasteiger partial charge in [-0.1, -0.05) is 12.1 Å². The summed E-state index contributed by atoms with van der Waals surface area (Å²) in [4.78, 5) is 13.9. The number of carbonyl (C=O) groups excluding carboxylic acids is 1. The number of benzene rings is 2. The highest BCUT2D eigenvalue weighted by Crippen LogP contribution is 2.23. The van der Waals surface area contributed by atoms with Crippen molar-refractivity contribution in [3.8, 4) is 5.75 Å². The summed E-state index contributed by atoms with van der Waals surface area (Å²) in [6.07, 6.45) is 3.56. The van der Waals surface area contributed by atoms with E-state index in [2.05, 4.69) is 10.5 Å². The largest absolute Gasteiger partial charge is 0.508 e. The van der Waals surface area contributed by atoms with E-state index in [4.69, 9.17) is 0 Å². The van der Waals surface area contributed by atoms with Gasteiger partial charge < -0.3 is 10.0 Å². The molecule has 0 aliphatic carbocycles. The maximum Gasteiger partial charge on any atom is 0.271 e. The van der Waals surface area contributed by atoms with Gasteiger partial charge in [-0.3, -0.25) is 4.79 Å². The van der Waals surface area contributed by atoms with Crippen molar-refractivity contribution in [2.45, 2.75) is 12.8 Å². The molecule has 1 aliphatic heterocycles. The third kappa shape index (κ3) is 3.71. The highest BCUT2D eigenvalue weighted by molar-refractivity contribution is 5.95. The Morgan fingerprint density at radius 1 is 1.21 bits per heavy atom. The second-order valence-corrected chi connectivity index (χ2v) is 5.65. The average molecular weight is 327 g/mol. The summed E-state index contributed by atoms with van der Waals surface area (Å²) in [7, 11) is 0. The molecule has 1 saturated heterocycles. The minimum absolute atomic E-state index is 0.00574. The fourth-order valence-electron chi connectivity index (χ4n) is 2.70. The number of nitrogens with one attached hydrogen (secondary N) is 1. The van der Waals surface area contributed by atoms with Gasteiger partial charge >= 0.3 is 0 Å². The van der Waals surface area contributed by atoms with Crippen molar-refractivity contribution < 1.29 is 14.3 Å². The van der Waals surface area contributed by atoms with Crippen LogP contribution in [0.15, 0.2) is 47.6 Å². The zero-order valence-electron chi connectivity index (χ0n) is 13.1. The predicted molar refractivity (Wildman–Crippen MR) is 91.0 cm³/mol. The summed E-state index contributed by atoms with van der Waals surface area (Å²) in [6, 6.07) is 10.9. The molecule has 0 atom stereocenters. The second kappa shape index (κ2) is 7.12. The smallest absolute Gasteiger partial charge is 0.271 e. The number of halogens is 1. The van der Waals surface area contributed by atoms with Crippen LogP contribution < -0.4 is 10.3 Å².